The third kappa shape index (κ3) is 5.97. The first-order valence-electron chi connectivity index (χ1n) is 9.28. The van der Waals surface area contributed by atoms with Gasteiger partial charge in [0.2, 0.25) is 0 Å². The fourth-order valence-electron chi connectivity index (χ4n) is 2.68. The number of hydrogen-bond donors (Lipinski definition) is 1. The van der Waals surface area contributed by atoms with E-state index in [-0.39, 0.29) is 11.1 Å². The molecule has 7 nitrogen and oxygen atoms in total. The second kappa shape index (κ2) is 9.50. The molecule has 1 heterocycles. The van der Waals surface area contributed by atoms with E-state index in [9.17, 15) is 27.6 Å². The highest BCUT2D eigenvalue weighted by Gasteiger charge is 2.30. The maximum atomic E-state index is 12.5. The van der Waals surface area contributed by atoms with Crippen molar-refractivity contribution >= 4 is 17.7 Å². The first kappa shape index (κ1) is 22.1. The number of ether oxygens (including phenoxy) is 3. The maximum Gasteiger partial charge on any atom is 0.416 e. The normalized spacial score (nSPS) is 13.1. The molecule has 0 bridgehead atoms. The number of halogens is 3. The lowest BCUT2D eigenvalue weighted by atomic mass is 10.1. The summed E-state index contributed by atoms with van der Waals surface area (Å²) in [5, 5.41) is 2.23. The Hall–Kier alpha value is -3.56. The zero-order chi connectivity index (χ0) is 22.4. The van der Waals surface area contributed by atoms with E-state index >= 15 is 0 Å². The van der Waals surface area contributed by atoms with Crippen LogP contribution in [0.5, 0.6) is 11.5 Å². The number of alkyl halides is 3. The van der Waals surface area contributed by atoms with E-state index in [1.807, 2.05) is 0 Å². The fraction of sp³-hybridized carbons (Fsp3) is 0.286. The van der Waals surface area contributed by atoms with Crippen molar-refractivity contribution in [2.45, 2.75) is 12.6 Å². The summed E-state index contributed by atoms with van der Waals surface area (Å²) in [5.74, 6) is -1.14. The number of rotatable bonds is 6. The molecule has 2 aromatic carbocycles. The third-order valence-electron chi connectivity index (χ3n) is 4.30. The second-order valence-corrected chi connectivity index (χ2v) is 6.55. The Labute approximate surface area is 175 Å². The van der Waals surface area contributed by atoms with E-state index in [1.165, 1.54) is 12.1 Å². The van der Waals surface area contributed by atoms with Crippen LogP contribution in [0.25, 0.3) is 0 Å². The summed E-state index contributed by atoms with van der Waals surface area (Å²) in [6.45, 7) is -0.128. The fourth-order valence-corrected chi connectivity index (χ4v) is 2.68. The predicted molar refractivity (Wildman–Crippen MR) is 101 cm³/mol. The molecule has 164 valence electrons. The van der Waals surface area contributed by atoms with Gasteiger partial charge in [-0.3, -0.25) is 14.4 Å². The van der Waals surface area contributed by atoms with E-state index in [0.29, 0.717) is 31.1 Å². The second-order valence-electron chi connectivity index (χ2n) is 6.55. The highest BCUT2D eigenvalue weighted by atomic mass is 19.4. The van der Waals surface area contributed by atoms with Gasteiger partial charge in [0, 0.05) is 17.5 Å². The van der Waals surface area contributed by atoms with Crippen LogP contribution in [0.4, 0.5) is 13.2 Å². The van der Waals surface area contributed by atoms with Crippen LogP contribution in [0.2, 0.25) is 0 Å². The standard InChI is InChI=1S/C21H18F3NO6/c22-21(23,24)15-5-2-13(3-6-15)20(28)25-11-19(27)31-12-16(26)14-4-7-17-18(10-14)30-9-1-8-29-17/h2-7,10H,1,8-9,11-12H2,(H,25,28). The Morgan fingerprint density at radius 2 is 1.58 bits per heavy atom. The summed E-state index contributed by atoms with van der Waals surface area (Å²) in [6.07, 6.45) is -3.80. The number of amides is 1. The van der Waals surface area contributed by atoms with Crippen LogP contribution in [-0.4, -0.2) is 44.0 Å². The molecule has 0 unspecified atom stereocenters. The SMILES string of the molecule is O=C(CNC(=O)c1ccc(C(F)(F)F)cc1)OCC(=O)c1ccc2c(c1)OCCCO2. The van der Waals surface area contributed by atoms with Gasteiger partial charge in [-0.05, 0) is 42.5 Å². The minimum atomic E-state index is -4.51. The van der Waals surface area contributed by atoms with E-state index in [2.05, 4.69) is 5.32 Å². The molecule has 0 saturated carbocycles. The molecule has 0 aromatic heterocycles. The van der Waals surface area contributed by atoms with Crippen LogP contribution in [-0.2, 0) is 15.7 Å². The van der Waals surface area contributed by atoms with E-state index in [0.717, 1.165) is 24.3 Å². The number of nitrogens with one attached hydrogen (secondary N) is 1. The molecule has 31 heavy (non-hydrogen) atoms. The number of benzene rings is 2. The zero-order valence-corrected chi connectivity index (χ0v) is 16.2. The van der Waals surface area contributed by atoms with Gasteiger partial charge in [-0.1, -0.05) is 0 Å². The Balaban J connectivity index is 1.47. The predicted octanol–water partition coefficient (Wildman–Crippen LogP) is 3.02. The molecule has 1 aliphatic heterocycles. The molecular formula is C21H18F3NO6. The molecule has 1 aliphatic rings. The average molecular weight is 437 g/mol. The number of hydrogen-bond acceptors (Lipinski definition) is 6. The van der Waals surface area contributed by atoms with E-state index in [4.69, 9.17) is 14.2 Å². The highest BCUT2D eigenvalue weighted by molar-refractivity contribution is 5.99. The molecule has 0 fully saturated rings. The van der Waals surface area contributed by atoms with Gasteiger partial charge in [-0.25, -0.2) is 0 Å². The van der Waals surface area contributed by atoms with Gasteiger partial charge in [-0.2, -0.15) is 13.2 Å². The van der Waals surface area contributed by atoms with E-state index < -0.39 is 42.6 Å². The van der Waals surface area contributed by atoms with Gasteiger partial charge in [0.15, 0.2) is 23.9 Å². The van der Waals surface area contributed by atoms with Crippen molar-refractivity contribution in [1.29, 1.82) is 0 Å². The molecule has 0 aliphatic carbocycles. The summed E-state index contributed by atoms with van der Waals surface area (Å²) < 4.78 is 53.5. The Bertz CT molecular complexity index is 972. The van der Waals surface area contributed by atoms with Crippen molar-refractivity contribution in [2.75, 3.05) is 26.4 Å². The molecule has 1 amide bonds. The van der Waals surface area contributed by atoms with Crippen LogP contribution in [0.3, 0.4) is 0 Å². The molecule has 0 atom stereocenters. The molecule has 0 saturated heterocycles. The highest BCUT2D eigenvalue weighted by Crippen LogP contribution is 2.31. The van der Waals surface area contributed by atoms with Crippen molar-refractivity contribution in [1.82, 2.24) is 5.32 Å². The lowest BCUT2D eigenvalue weighted by Gasteiger charge is -2.10. The number of fused-ring (bicyclic) bond motifs is 1. The summed E-state index contributed by atoms with van der Waals surface area (Å²) in [4.78, 5) is 36.0. The van der Waals surface area contributed by atoms with Crippen molar-refractivity contribution in [3.63, 3.8) is 0 Å². The topological polar surface area (TPSA) is 90.9 Å². The number of Topliss-reactive ketones (excluding diaryl/α,β-unsaturated/α-hetero) is 1. The first-order chi connectivity index (χ1) is 14.7. The van der Waals surface area contributed by atoms with Gasteiger partial charge in [0.05, 0.1) is 18.8 Å². The lowest BCUT2D eigenvalue weighted by molar-refractivity contribution is -0.141. The van der Waals surface area contributed by atoms with Gasteiger partial charge in [0.25, 0.3) is 5.91 Å². The average Bonchev–Trinajstić information content (AvgIpc) is 3.00. The molecule has 2 aromatic rings. The number of ketones is 1. The first-order valence-corrected chi connectivity index (χ1v) is 9.28. The molecule has 10 heteroatoms. The van der Waals surface area contributed by atoms with Crippen molar-refractivity contribution in [3.8, 4) is 11.5 Å². The van der Waals surface area contributed by atoms with Gasteiger partial charge in [0.1, 0.15) is 6.54 Å². The van der Waals surface area contributed by atoms with Crippen molar-refractivity contribution < 1.29 is 41.8 Å². The minimum absolute atomic E-state index is 0.0518. The Kier molecular flexibility index (Phi) is 6.78. The molecular weight excluding hydrogens is 419 g/mol. The number of esters is 1. The number of carbonyl (C=O) groups excluding carboxylic acids is 3. The molecule has 0 spiro atoms. The summed E-state index contributed by atoms with van der Waals surface area (Å²) >= 11 is 0. The lowest BCUT2D eigenvalue weighted by Crippen LogP contribution is -2.31. The van der Waals surface area contributed by atoms with Crippen LogP contribution in [0.1, 0.15) is 32.7 Å². The zero-order valence-electron chi connectivity index (χ0n) is 16.2. The monoisotopic (exact) mass is 437 g/mol. The maximum absolute atomic E-state index is 12.5. The summed E-state index contributed by atoms with van der Waals surface area (Å²) in [5.41, 5.74) is -0.674. The van der Waals surface area contributed by atoms with Crippen LogP contribution >= 0.6 is 0 Å². The third-order valence-corrected chi connectivity index (χ3v) is 4.30. The smallest absolute Gasteiger partial charge is 0.416 e. The van der Waals surface area contributed by atoms with Gasteiger partial charge in [-0.15, -0.1) is 0 Å². The minimum Gasteiger partial charge on any atom is -0.490 e. The van der Waals surface area contributed by atoms with E-state index in [1.54, 1.807) is 6.07 Å². The van der Waals surface area contributed by atoms with Crippen LogP contribution in [0, 0.1) is 0 Å². The summed E-state index contributed by atoms with van der Waals surface area (Å²) in [6, 6.07) is 8.15. The van der Waals surface area contributed by atoms with Gasteiger partial charge >= 0.3 is 12.1 Å². The Morgan fingerprint density at radius 1 is 0.935 bits per heavy atom. The number of carbonyl (C=O) groups is 3. The molecule has 0 radical (unpaired) electrons. The Morgan fingerprint density at radius 3 is 2.26 bits per heavy atom. The van der Waals surface area contributed by atoms with Gasteiger partial charge < -0.3 is 19.5 Å². The molecule has 3 rings (SSSR count). The quantitative estimate of drug-likeness (QED) is 0.552. The summed E-state index contributed by atoms with van der Waals surface area (Å²) in [7, 11) is 0. The van der Waals surface area contributed by atoms with Crippen LogP contribution in [0.15, 0.2) is 42.5 Å². The van der Waals surface area contributed by atoms with Crippen molar-refractivity contribution in [3.05, 3.63) is 59.2 Å². The van der Waals surface area contributed by atoms with Crippen molar-refractivity contribution in [2.24, 2.45) is 0 Å². The molecule has 1 N–H and O–H groups in total. The largest absolute Gasteiger partial charge is 0.490 e. The van der Waals surface area contributed by atoms with Crippen LogP contribution < -0.4 is 14.8 Å².